The van der Waals surface area contributed by atoms with E-state index in [9.17, 15) is 9.59 Å². The van der Waals surface area contributed by atoms with Crippen molar-refractivity contribution in [3.8, 4) is 11.6 Å². The van der Waals surface area contributed by atoms with Crippen molar-refractivity contribution in [3.05, 3.63) is 30.1 Å². The van der Waals surface area contributed by atoms with Crippen LogP contribution in [0.2, 0.25) is 0 Å². The monoisotopic (exact) mass is 360 g/mol. The van der Waals surface area contributed by atoms with E-state index in [-0.39, 0.29) is 23.5 Å². The minimum absolute atomic E-state index is 0.119. The predicted octanol–water partition coefficient (Wildman–Crippen LogP) is 2.31. The van der Waals surface area contributed by atoms with E-state index in [2.05, 4.69) is 15.2 Å². The first-order chi connectivity index (χ1) is 12.0. The maximum absolute atomic E-state index is 11.9. The van der Waals surface area contributed by atoms with Crippen molar-refractivity contribution in [2.45, 2.75) is 31.2 Å². The Kier molecular flexibility index (Phi) is 4.84. The van der Waals surface area contributed by atoms with Crippen LogP contribution in [0.5, 0.6) is 0 Å². The number of Topliss-reactive ketones (excluding diaryl/α,β-unsaturated/α-hetero) is 1. The second kappa shape index (κ2) is 7.06. The number of rotatable bonds is 6. The Labute approximate surface area is 147 Å². The number of carbonyl (C=O) groups excluding carboxylic acids is 2. The predicted molar refractivity (Wildman–Crippen MR) is 90.2 cm³/mol. The lowest BCUT2D eigenvalue weighted by atomic mass is 10.3. The number of imidazole rings is 1. The molecular weight excluding hydrogens is 344 g/mol. The number of hydrogen-bond acceptors (Lipinski definition) is 8. The fourth-order valence-corrected chi connectivity index (χ4v) is 3.09. The molecule has 0 N–H and O–H groups in total. The number of ether oxygens (including phenoxy) is 1. The highest BCUT2D eigenvalue weighted by atomic mass is 32.2. The summed E-state index contributed by atoms with van der Waals surface area (Å²) < 4.78 is 12.4. The SMILES string of the molecule is CCOC(=O)C(Sc1nnc(-c2c(C)nc3ccccn23)o1)C(C)=O. The number of hydrogen-bond donors (Lipinski definition) is 0. The van der Waals surface area contributed by atoms with Crippen molar-refractivity contribution in [2.75, 3.05) is 6.61 Å². The van der Waals surface area contributed by atoms with Crippen molar-refractivity contribution in [1.82, 2.24) is 19.6 Å². The van der Waals surface area contributed by atoms with Crippen LogP contribution in [0.4, 0.5) is 0 Å². The van der Waals surface area contributed by atoms with Crippen LogP contribution in [-0.2, 0) is 14.3 Å². The third kappa shape index (κ3) is 3.41. The summed E-state index contributed by atoms with van der Waals surface area (Å²) in [4.78, 5) is 28.0. The highest BCUT2D eigenvalue weighted by Crippen LogP contribution is 2.29. The molecule has 130 valence electrons. The summed E-state index contributed by atoms with van der Waals surface area (Å²) in [6.45, 7) is 5.04. The van der Waals surface area contributed by atoms with E-state index in [4.69, 9.17) is 9.15 Å². The molecule has 0 radical (unpaired) electrons. The summed E-state index contributed by atoms with van der Waals surface area (Å²) >= 11 is 0.880. The first-order valence-electron chi connectivity index (χ1n) is 7.62. The highest BCUT2D eigenvalue weighted by Gasteiger charge is 2.29. The van der Waals surface area contributed by atoms with E-state index >= 15 is 0 Å². The van der Waals surface area contributed by atoms with Gasteiger partial charge in [-0.3, -0.25) is 14.0 Å². The molecule has 0 bridgehead atoms. The molecule has 0 aromatic carbocycles. The van der Waals surface area contributed by atoms with Gasteiger partial charge in [-0.25, -0.2) is 4.98 Å². The van der Waals surface area contributed by atoms with Gasteiger partial charge in [-0.05, 0) is 44.7 Å². The number of ketones is 1. The summed E-state index contributed by atoms with van der Waals surface area (Å²) in [5.74, 6) is -0.690. The van der Waals surface area contributed by atoms with Gasteiger partial charge in [0, 0.05) is 6.20 Å². The molecule has 1 atom stereocenters. The summed E-state index contributed by atoms with van der Waals surface area (Å²) in [6, 6.07) is 5.63. The van der Waals surface area contributed by atoms with Gasteiger partial charge in [-0.15, -0.1) is 10.2 Å². The number of esters is 1. The Hall–Kier alpha value is -2.68. The maximum atomic E-state index is 11.9. The quantitative estimate of drug-likeness (QED) is 0.375. The molecule has 9 heteroatoms. The Balaban J connectivity index is 1.90. The second-order valence-corrected chi connectivity index (χ2v) is 6.26. The fraction of sp³-hybridized carbons (Fsp3) is 0.312. The van der Waals surface area contributed by atoms with Gasteiger partial charge in [0.15, 0.2) is 11.0 Å². The summed E-state index contributed by atoms with van der Waals surface area (Å²) in [7, 11) is 0. The smallest absolute Gasteiger partial charge is 0.327 e. The van der Waals surface area contributed by atoms with Crippen LogP contribution < -0.4 is 0 Å². The molecule has 25 heavy (non-hydrogen) atoms. The van der Waals surface area contributed by atoms with Crippen LogP contribution in [0.25, 0.3) is 17.2 Å². The molecule has 3 aromatic heterocycles. The molecule has 0 fully saturated rings. The van der Waals surface area contributed by atoms with Gasteiger partial charge in [0.2, 0.25) is 0 Å². The molecule has 0 aliphatic heterocycles. The molecule has 8 nitrogen and oxygen atoms in total. The number of aromatic nitrogens is 4. The summed E-state index contributed by atoms with van der Waals surface area (Å²) in [5.41, 5.74) is 2.17. The first kappa shape index (κ1) is 17.2. The number of nitrogens with zero attached hydrogens (tertiary/aromatic N) is 4. The van der Waals surface area contributed by atoms with E-state index in [0.717, 1.165) is 23.1 Å². The Bertz CT molecular complexity index is 933. The van der Waals surface area contributed by atoms with Gasteiger partial charge in [0.05, 0.1) is 12.3 Å². The van der Waals surface area contributed by atoms with Crippen LogP contribution in [-0.4, -0.2) is 43.2 Å². The fourth-order valence-electron chi connectivity index (χ4n) is 2.34. The molecular formula is C16H16N4O4S. The number of thioether (sulfide) groups is 1. The molecule has 1 unspecified atom stereocenters. The first-order valence-corrected chi connectivity index (χ1v) is 8.50. The molecule has 3 rings (SSSR count). The molecule has 0 saturated carbocycles. The Morgan fingerprint density at radius 2 is 2.16 bits per heavy atom. The van der Waals surface area contributed by atoms with Gasteiger partial charge < -0.3 is 9.15 Å². The van der Waals surface area contributed by atoms with Crippen molar-refractivity contribution in [1.29, 1.82) is 0 Å². The summed E-state index contributed by atoms with van der Waals surface area (Å²) in [6.07, 6.45) is 1.85. The third-order valence-corrected chi connectivity index (χ3v) is 4.53. The molecule has 3 aromatic rings. The molecule has 0 aliphatic carbocycles. The Morgan fingerprint density at radius 3 is 2.88 bits per heavy atom. The van der Waals surface area contributed by atoms with Gasteiger partial charge in [0.1, 0.15) is 11.3 Å². The van der Waals surface area contributed by atoms with Crippen LogP contribution >= 0.6 is 11.8 Å². The van der Waals surface area contributed by atoms with Crippen LogP contribution in [0.15, 0.2) is 34.0 Å². The van der Waals surface area contributed by atoms with Crippen LogP contribution in [0.3, 0.4) is 0 Å². The van der Waals surface area contributed by atoms with Crippen LogP contribution in [0.1, 0.15) is 19.5 Å². The Morgan fingerprint density at radius 1 is 1.36 bits per heavy atom. The number of pyridine rings is 1. The minimum atomic E-state index is -1.03. The van der Waals surface area contributed by atoms with Gasteiger partial charge in [0.25, 0.3) is 11.1 Å². The normalized spacial score (nSPS) is 12.3. The lowest BCUT2D eigenvalue weighted by molar-refractivity contribution is -0.144. The highest BCUT2D eigenvalue weighted by molar-refractivity contribution is 8.01. The lowest BCUT2D eigenvalue weighted by Gasteiger charge is -2.09. The average molecular weight is 360 g/mol. The molecule has 3 heterocycles. The van der Waals surface area contributed by atoms with E-state index in [1.807, 2.05) is 35.7 Å². The zero-order valence-corrected chi connectivity index (χ0v) is 14.7. The topological polar surface area (TPSA) is 99.6 Å². The molecule has 0 aliphatic rings. The van der Waals surface area contributed by atoms with Gasteiger partial charge >= 0.3 is 5.97 Å². The zero-order valence-electron chi connectivity index (χ0n) is 13.9. The van der Waals surface area contributed by atoms with Crippen molar-refractivity contribution in [2.24, 2.45) is 0 Å². The molecule has 0 spiro atoms. The van der Waals surface area contributed by atoms with Gasteiger partial charge in [-0.2, -0.15) is 0 Å². The van der Waals surface area contributed by atoms with Crippen molar-refractivity contribution in [3.63, 3.8) is 0 Å². The maximum Gasteiger partial charge on any atom is 0.327 e. The van der Waals surface area contributed by atoms with E-state index in [1.165, 1.54) is 6.92 Å². The third-order valence-electron chi connectivity index (χ3n) is 3.40. The van der Waals surface area contributed by atoms with E-state index in [1.54, 1.807) is 6.92 Å². The largest absolute Gasteiger partial charge is 0.465 e. The van der Waals surface area contributed by atoms with E-state index < -0.39 is 11.2 Å². The summed E-state index contributed by atoms with van der Waals surface area (Å²) in [5, 5.41) is 7.04. The molecule has 0 amide bonds. The minimum Gasteiger partial charge on any atom is -0.465 e. The van der Waals surface area contributed by atoms with E-state index in [0.29, 0.717) is 5.69 Å². The zero-order chi connectivity index (χ0) is 18.0. The number of aryl methyl sites for hydroxylation is 1. The number of fused-ring (bicyclic) bond motifs is 1. The van der Waals surface area contributed by atoms with Gasteiger partial charge in [-0.1, -0.05) is 6.07 Å². The van der Waals surface area contributed by atoms with Crippen LogP contribution in [0, 0.1) is 6.92 Å². The lowest BCUT2D eigenvalue weighted by Crippen LogP contribution is -2.27. The molecule has 0 saturated heterocycles. The standard InChI is InChI=1S/C16H16N4O4S/c1-4-23-15(22)13(10(3)21)25-16-19-18-14(24-16)12-9(2)17-11-7-5-6-8-20(11)12/h5-8,13H,4H2,1-3H3. The average Bonchev–Trinajstić information content (AvgIpc) is 3.15. The van der Waals surface area contributed by atoms with Crippen molar-refractivity contribution >= 4 is 29.2 Å². The second-order valence-electron chi connectivity index (χ2n) is 5.21. The van der Waals surface area contributed by atoms with Crippen molar-refractivity contribution < 1.29 is 18.7 Å². The number of carbonyl (C=O) groups is 2.